The lowest BCUT2D eigenvalue weighted by Gasteiger charge is -2.07. The number of hydrogen-bond acceptors (Lipinski definition) is 5. The number of nitrogens with one attached hydrogen (secondary N) is 1. The molecule has 0 unspecified atom stereocenters. The van der Waals surface area contributed by atoms with Crippen molar-refractivity contribution in [2.45, 2.75) is 6.92 Å². The van der Waals surface area contributed by atoms with Gasteiger partial charge in [-0.05, 0) is 37.3 Å². The van der Waals surface area contributed by atoms with Gasteiger partial charge >= 0.3 is 5.97 Å². The SMILES string of the molecule is Cc1cc(NOC(=O)c2cccc(Cl)c2)ccc1[N+](=O)[O-]. The summed E-state index contributed by atoms with van der Waals surface area (Å²) in [6.45, 7) is 1.60. The van der Waals surface area contributed by atoms with Crippen LogP contribution in [0.5, 0.6) is 0 Å². The summed E-state index contributed by atoms with van der Waals surface area (Å²) in [6.07, 6.45) is 0. The van der Waals surface area contributed by atoms with Gasteiger partial charge in [-0.2, -0.15) is 0 Å². The van der Waals surface area contributed by atoms with E-state index in [0.717, 1.165) is 0 Å². The molecule has 108 valence electrons. The first-order valence-electron chi connectivity index (χ1n) is 5.95. The van der Waals surface area contributed by atoms with Gasteiger partial charge in [-0.15, -0.1) is 0 Å². The van der Waals surface area contributed by atoms with E-state index in [1.165, 1.54) is 24.3 Å². The number of nitrogens with zero attached hydrogens (tertiary/aromatic N) is 1. The molecular formula is C14H11ClN2O4. The van der Waals surface area contributed by atoms with Gasteiger partial charge in [-0.1, -0.05) is 17.7 Å². The molecule has 2 rings (SSSR count). The highest BCUT2D eigenvalue weighted by atomic mass is 35.5. The number of rotatable bonds is 4. The summed E-state index contributed by atoms with van der Waals surface area (Å²) in [5.74, 6) is -0.603. The number of carbonyl (C=O) groups excluding carboxylic acids is 1. The third kappa shape index (κ3) is 3.70. The molecule has 21 heavy (non-hydrogen) atoms. The highest BCUT2D eigenvalue weighted by Crippen LogP contribution is 2.21. The molecular weight excluding hydrogens is 296 g/mol. The number of anilines is 1. The highest BCUT2D eigenvalue weighted by molar-refractivity contribution is 6.30. The maximum absolute atomic E-state index is 11.8. The summed E-state index contributed by atoms with van der Waals surface area (Å²) < 4.78 is 0. The smallest absolute Gasteiger partial charge is 0.338 e. The quantitative estimate of drug-likeness (QED) is 0.687. The van der Waals surface area contributed by atoms with Crippen LogP contribution in [0.2, 0.25) is 5.02 Å². The van der Waals surface area contributed by atoms with Gasteiger partial charge < -0.3 is 4.84 Å². The van der Waals surface area contributed by atoms with E-state index in [1.807, 2.05) is 0 Å². The molecule has 7 heteroatoms. The predicted molar refractivity (Wildman–Crippen MR) is 78.3 cm³/mol. The Kier molecular flexibility index (Phi) is 4.39. The van der Waals surface area contributed by atoms with Gasteiger partial charge in [0.25, 0.3) is 5.69 Å². The Morgan fingerprint density at radius 2 is 2.05 bits per heavy atom. The standard InChI is InChI=1S/C14H11ClN2O4/c1-9-7-12(5-6-13(9)17(19)20)16-21-14(18)10-3-2-4-11(15)8-10/h2-8,16H,1H3. The molecule has 0 heterocycles. The Hall–Kier alpha value is -2.60. The third-order valence-corrected chi connectivity index (χ3v) is 2.95. The molecule has 0 aliphatic rings. The second-order valence-electron chi connectivity index (χ2n) is 4.26. The lowest BCUT2D eigenvalue weighted by atomic mass is 10.2. The van der Waals surface area contributed by atoms with Crippen molar-refractivity contribution in [2.24, 2.45) is 0 Å². The highest BCUT2D eigenvalue weighted by Gasteiger charge is 2.12. The van der Waals surface area contributed by atoms with E-state index >= 15 is 0 Å². The van der Waals surface area contributed by atoms with E-state index in [-0.39, 0.29) is 5.69 Å². The van der Waals surface area contributed by atoms with Crippen LogP contribution in [-0.4, -0.2) is 10.9 Å². The van der Waals surface area contributed by atoms with Crippen molar-refractivity contribution in [3.63, 3.8) is 0 Å². The van der Waals surface area contributed by atoms with Crippen LogP contribution in [0.1, 0.15) is 15.9 Å². The van der Waals surface area contributed by atoms with Crippen LogP contribution in [0.4, 0.5) is 11.4 Å². The van der Waals surface area contributed by atoms with Crippen molar-refractivity contribution in [3.8, 4) is 0 Å². The Balaban J connectivity index is 2.05. The number of carbonyl (C=O) groups is 1. The molecule has 2 aromatic rings. The Labute approximate surface area is 125 Å². The zero-order valence-electron chi connectivity index (χ0n) is 11.0. The minimum Gasteiger partial charge on any atom is -0.338 e. The Bertz CT molecular complexity index is 703. The zero-order valence-corrected chi connectivity index (χ0v) is 11.8. The van der Waals surface area contributed by atoms with Gasteiger partial charge in [0.15, 0.2) is 0 Å². The van der Waals surface area contributed by atoms with Crippen LogP contribution in [0.3, 0.4) is 0 Å². The van der Waals surface area contributed by atoms with Gasteiger partial charge in [-0.3, -0.25) is 10.1 Å². The number of nitro benzene ring substituents is 1. The monoisotopic (exact) mass is 306 g/mol. The van der Waals surface area contributed by atoms with E-state index in [9.17, 15) is 14.9 Å². The number of hydrogen-bond donors (Lipinski definition) is 1. The normalized spacial score (nSPS) is 10.0. The van der Waals surface area contributed by atoms with Gasteiger partial charge in [0.1, 0.15) is 0 Å². The molecule has 0 saturated carbocycles. The fraction of sp³-hybridized carbons (Fsp3) is 0.0714. The largest absolute Gasteiger partial charge is 0.362 e. The van der Waals surface area contributed by atoms with Crippen molar-refractivity contribution in [1.29, 1.82) is 0 Å². The fourth-order valence-electron chi connectivity index (χ4n) is 1.70. The van der Waals surface area contributed by atoms with Crippen LogP contribution in [0.15, 0.2) is 42.5 Å². The second kappa shape index (κ2) is 6.23. The van der Waals surface area contributed by atoms with Gasteiger partial charge in [0, 0.05) is 16.7 Å². The molecule has 0 amide bonds. The van der Waals surface area contributed by atoms with Crippen molar-refractivity contribution in [2.75, 3.05) is 5.48 Å². The molecule has 1 N–H and O–H groups in total. The van der Waals surface area contributed by atoms with Crippen molar-refractivity contribution in [3.05, 3.63) is 68.7 Å². The van der Waals surface area contributed by atoms with Crippen LogP contribution in [0, 0.1) is 17.0 Å². The Morgan fingerprint density at radius 1 is 1.29 bits per heavy atom. The summed E-state index contributed by atoms with van der Waals surface area (Å²) >= 11 is 5.78. The molecule has 0 spiro atoms. The molecule has 2 aromatic carbocycles. The lowest BCUT2D eigenvalue weighted by Crippen LogP contribution is -2.10. The summed E-state index contributed by atoms with van der Waals surface area (Å²) in [7, 11) is 0. The number of halogens is 1. The average molecular weight is 307 g/mol. The van der Waals surface area contributed by atoms with Gasteiger partial charge in [0.2, 0.25) is 0 Å². The van der Waals surface area contributed by atoms with E-state index < -0.39 is 10.9 Å². The van der Waals surface area contributed by atoms with Crippen LogP contribution >= 0.6 is 11.6 Å². The summed E-state index contributed by atoms with van der Waals surface area (Å²) in [5.41, 5.74) is 3.66. The molecule has 6 nitrogen and oxygen atoms in total. The average Bonchev–Trinajstić information content (AvgIpc) is 2.44. The van der Waals surface area contributed by atoms with E-state index in [0.29, 0.717) is 21.8 Å². The molecule has 0 aromatic heterocycles. The number of aryl methyl sites for hydroxylation is 1. The minimum absolute atomic E-state index is 0.00159. The molecule has 0 aliphatic heterocycles. The molecule has 0 saturated heterocycles. The predicted octanol–water partition coefficient (Wildman–Crippen LogP) is 3.74. The first-order valence-corrected chi connectivity index (χ1v) is 6.33. The summed E-state index contributed by atoms with van der Waals surface area (Å²) in [6, 6.07) is 10.6. The fourth-order valence-corrected chi connectivity index (χ4v) is 1.89. The first kappa shape index (κ1) is 14.8. The van der Waals surface area contributed by atoms with Crippen molar-refractivity contribution < 1.29 is 14.6 Å². The van der Waals surface area contributed by atoms with E-state index in [4.69, 9.17) is 16.4 Å². The minimum atomic E-state index is -0.603. The second-order valence-corrected chi connectivity index (χ2v) is 4.70. The van der Waals surface area contributed by atoms with E-state index in [1.54, 1.807) is 25.1 Å². The topological polar surface area (TPSA) is 81.5 Å². The van der Waals surface area contributed by atoms with Gasteiger partial charge in [0.05, 0.1) is 16.2 Å². The van der Waals surface area contributed by atoms with Crippen LogP contribution in [-0.2, 0) is 4.84 Å². The van der Waals surface area contributed by atoms with Crippen molar-refractivity contribution >= 4 is 28.9 Å². The number of benzene rings is 2. The molecule has 0 fully saturated rings. The maximum Gasteiger partial charge on any atom is 0.362 e. The summed E-state index contributed by atoms with van der Waals surface area (Å²) in [4.78, 5) is 26.9. The first-order chi connectivity index (χ1) is 9.97. The maximum atomic E-state index is 11.8. The van der Waals surface area contributed by atoms with Crippen LogP contribution < -0.4 is 5.48 Å². The molecule has 0 radical (unpaired) electrons. The van der Waals surface area contributed by atoms with Crippen LogP contribution in [0.25, 0.3) is 0 Å². The Morgan fingerprint density at radius 3 is 2.67 bits per heavy atom. The molecule has 0 aliphatic carbocycles. The van der Waals surface area contributed by atoms with Crippen molar-refractivity contribution in [1.82, 2.24) is 0 Å². The van der Waals surface area contributed by atoms with Gasteiger partial charge in [-0.25, -0.2) is 10.3 Å². The third-order valence-electron chi connectivity index (χ3n) is 2.72. The lowest BCUT2D eigenvalue weighted by molar-refractivity contribution is -0.385. The number of nitro groups is 1. The summed E-state index contributed by atoms with van der Waals surface area (Å²) in [5, 5.41) is 11.1. The zero-order chi connectivity index (χ0) is 15.4. The molecule has 0 bridgehead atoms. The molecule has 0 atom stereocenters. The van der Waals surface area contributed by atoms with E-state index in [2.05, 4.69) is 5.48 Å².